The van der Waals surface area contributed by atoms with Gasteiger partial charge in [-0.25, -0.2) is 4.79 Å². The van der Waals surface area contributed by atoms with Crippen LogP contribution in [0.5, 0.6) is 0 Å². The van der Waals surface area contributed by atoms with Crippen molar-refractivity contribution in [2.45, 2.75) is 77.4 Å². The molecule has 0 aromatic carbocycles. The fourth-order valence-electron chi connectivity index (χ4n) is 2.42. The summed E-state index contributed by atoms with van der Waals surface area (Å²) in [5, 5.41) is 8.79. The van der Waals surface area contributed by atoms with Crippen LogP contribution < -0.4 is 0 Å². The number of allylic oxidation sites excluding steroid dienone is 1. The number of ether oxygens (including phenoxy) is 1. The van der Waals surface area contributed by atoms with E-state index in [0.717, 1.165) is 12.8 Å². The third-order valence-corrected chi connectivity index (χ3v) is 3.95. The van der Waals surface area contributed by atoms with Crippen LogP contribution in [0.4, 0.5) is 0 Å². The number of carbonyl (C=O) groups excluding carboxylic acids is 1. The molecule has 0 spiro atoms. The van der Waals surface area contributed by atoms with Crippen molar-refractivity contribution >= 4 is 11.9 Å². The Bertz CT molecular complexity index is 385. The Hall–Kier alpha value is -1.36. The van der Waals surface area contributed by atoms with Gasteiger partial charge in [0, 0.05) is 12.5 Å². The zero-order valence-corrected chi connectivity index (χ0v) is 15.9. The van der Waals surface area contributed by atoms with E-state index in [1.165, 1.54) is 44.6 Å². The van der Waals surface area contributed by atoms with Crippen LogP contribution in [0.2, 0.25) is 0 Å². The van der Waals surface area contributed by atoms with E-state index in [4.69, 9.17) is 9.84 Å². The molecule has 140 valence electrons. The summed E-state index contributed by atoms with van der Waals surface area (Å²) in [5.74, 6) is -1.26. The number of hydrogen-bond donors (Lipinski definition) is 1. The molecule has 0 amide bonds. The van der Waals surface area contributed by atoms with Crippen LogP contribution in [-0.4, -0.2) is 48.9 Å². The van der Waals surface area contributed by atoms with Crippen LogP contribution in [-0.2, 0) is 14.3 Å². The van der Waals surface area contributed by atoms with Gasteiger partial charge in [-0.15, -0.1) is 0 Å². The second kappa shape index (κ2) is 13.0. The Morgan fingerprint density at radius 3 is 2.17 bits per heavy atom. The second-order valence-electron chi connectivity index (χ2n) is 7.25. The molecule has 24 heavy (non-hydrogen) atoms. The number of carbonyl (C=O) groups is 2. The summed E-state index contributed by atoms with van der Waals surface area (Å²) in [7, 11) is 5.67. The largest absolute Gasteiger partial charge is 0.481 e. The number of hydrogen-bond acceptors (Lipinski definition) is 3. The van der Waals surface area contributed by atoms with E-state index in [2.05, 4.69) is 6.92 Å². The van der Waals surface area contributed by atoms with Gasteiger partial charge in [0.25, 0.3) is 0 Å². The highest BCUT2D eigenvalue weighted by Gasteiger charge is 2.27. The van der Waals surface area contributed by atoms with Crippen LogP contribution in [0.3, 0.4) is 0 Å². The maximum absolute atomic E-state index is 11.9. The minimum atomic E-state index is -0.876. The number of quaternary nitrogens is 1. The molecule has 0 aliphatic rings. The quantitative estimate of drug-likeness (QED) is 0.169. The maximum Gasteiger partial charge on any atom is 0.334 e. The lowest BCUT2D eigenvalue weighted by atomic mass is 10.1. The number of unbranched alkanes of at least 4 members (excludes halogenated alkanes) is 7. The van der Waals surface area contributed by atoms with Crippen LogP contribution in [0.1, 0.15) is 71.1 Å². The fraction of sp³-hybridized carbons (Fsp3) is 0.789. The van der Waals surface area contributed by atoms with Crippen molar-refractivity contribution in [3.63, 3.8) is 0 Å². The molecule has 0 radical (unpaired) electrons. The molecule has 0 heterocycles. The highest BCUT2D eigenvalue weighted by Crippen LogP contribution is 2.13. The van der Waals surface area contributed by atoms with E-state index >= 15 is 0 Å². The number of aliphatic carboxylic acids is 1. The smallest absolute Gasteiger partial charge is 0.334 e. The molecule has 0 aromatic heterocycles. The SMILES string of the molecule is CCCCCCCCC/C=C/C(=O)O[C@@H](CCC(=O)O)[N+](C)(C)C. The summed E-state index contributed by atoms with van der Waals surface area (Å²) in [6, 6.07) is 0. The van der Waals surface area contributed by atoms with Crippen molar-refractivity contribution in [1.29, 1.82) is 0 Å². The Morgan fingerprint density at radius 2 is 1.62 bits per heavy atom. The first-order valence-electron chi connectivity index (χ1n) is 9.17. The van der Waals surface area contributed by atoms with Gasteiger partial charge in [-0.05, 0) is 12.8 Å². The van der Waals surface area contributed by atoms with E-state index in [1.807, 2.05) is 27.2 Å². The van der Waals surface area contributed by atoms with Gasteiger partial charge in [-0.2, -0.15) is 0 Å². The van der Waals surface area contributed by atoms with E-state index < -0.39 is 12.2 Å². The van der Waals surface area contributed by atoms with Gasteiger partial charge >= 0.3 is 11.9 Å². The molecule has 1 atom stereocenters. The maximum atomic E-state index is 11.9. The molecular formula is C19H36NO4+. The molecule has 1 N–H and O–H groups in total. The average Bonchev–Trinajstić information content (AvgIpc) is 2.48. The standard InChI is InChI=1S/C19H35NO4/c1-5-6-7-8-9-10-11-12-13-14-19(23)24-17(20(2,3)4)15-16-18(21)22/h13-14,17H,5-12,15-16H2,1-4H3/p+1/b14-13+/t17-/m0/s1. The van der Waals surface area contributed by atoms with Crippen LogP contribution in [0, 0.1) is 0 Å². The lowest BCUT2D eigenvalue weighted by Gasteiger charge is -2.32. The zero-order valence-electron chi connectivity index (χ0n) is 15.9. The molecule has 0 fully saturated rings. The van der Waals surface area contributed by atoms with E-state index in [-0.39, 0.29) is 12.4 Å². The average molecular weight is 343 g/mol. The Morgan fingerprint density at radius 1 is 1.04 bits per heavy atom. The van der Waals surface area contributed by atoms with Gasteiger partial charge < -0.3 is 9.84 Å². The first kappa shape index (κ1) is 22.6. The van der Waals surface area contributed by atoms with E-state index in [9.17, 15) is 9.59 Å². The summed E-state index contributed by atoms with van der Waals surface area (Å²) < 4.78 is 5.81. The summed E-state index contributed by atoms with van der Waals surface area (Å²) in [6.45, 7) is 2.22. The molecule has 0 saturated heterocycles. The van der Waals surface area contributed by atoms with Crippen LogP contribution >= 0.6 is 0 Å². The van der Waals surface area contributed by atoms with Gasteiger partial charge in [0.05, 0.1) is 27.6 Å². The highest BCUT2D eigenvalue weighted by atomic mass is 16.6. The molecule has 5 heteroatoms. The van der Waals surface area contributed by atoms with Gasteiger partial charge in [0.15, 0.2) is 0 Å². The number of nitrogens with zero attached hydrogens (tertiary/aromatic N) is 1. The Balaban J connectivity index is 4.00. The molecule has 5 nitrogen and oxygen atoms in total. The lowest BCUT2D eigenvalue weighted by Crippen LogP contribution is -2.47. The molecular weight excluding hydrogens is 306 g/mol. The normalized spacial score (nSPS) is 13.2. The molecule has 0 aliphatic carbocycles. The number of esters is 1. The minimum Gasteiger partial charge on any atom is -0.481 e. The highest BCUT2D eigenvalue weighted by molar-refractivity contribution is 5.81. The van der Waals surface area contributed by atoms with Gasteiger partial charge in [-0.1, -0.05) is 51.5 Å². The first-order valence-corrected chi connectivity index (χ1v) is 9.17. The summed E-state index contributed by atoms with van der Waals surface area (Å²) in [4.78, 5) is 22.6. The van der Waals surface area contributed by atoms with Crippen LogP contribution in [0.15, 0.2) is 12.2 Å². The van der Waals surface area contributed by atoms with Crippen molar-refractivity contribution in [2.24, 2.45) is 0 Å². The molecule has 0 saturated carbocycles. The monoisotopic (exact) mass is 342 g/mol. The number of carboxylic acids is 1. The number of rotatable bonds is 14. The predicted molar refractivity (Wildman–Crippen MR) is 96.5 cm³/mol. The molecule has 0 rings (SSSR count). The minimum absolute atomic E-state index is 0.00475. The Labute approximate surface area is 147 Å². The fourth-order valence-corrected chi connectivity index (χ4v) is 2.42. The van der Waals surface area contributed by atoms with Crippen LogP contribution in [0.25, 0.3) is 0 Å². The zero-order chi connectivity index (χ0) is 18.4. The molecule has 0 aromatic rings. The van der Waals surface area contributed by atoms with Crippen molar-refractivity contribution < 1.29 is 23.9 Å². The van der Waals surface area contributed by atoms with Gasteiger partial charge in [-0.3, -0.25) is 9.28 Å². The lowest BCUT2D eigenvalue weighted by molar-refractivity contribution is -0.917. The summed E-state index contributed by atoms with van der Waals surface area (Å²) >= 11 is 0. The third kappa shape index (κ3) is 13.1. The molecule has 0 bridgehead atoms. The molecule has 0 unspecified atom stereocenters. The second-order valence-corrected chi connectivity index (χ2v) is 7.25. The van der Waals surface area contributed by atoms with Gasteiger partial charge in [0.2, 0.25) is 6.23 Å². The summed E-state index contributed by atoms with van der Waals surface area (Å²) in [6.07, 6.45) is 12.8. The van der Waals surface area contributed by atoms with Crippen molar-refractivity contribution in [1.82, 2.24) is 0 Å². The van der Waals surface area contributed by atoms with Crippen molar-refractivity contribution in [3.8, 4) is 0 Å². The van der Waals surface area contributed by atoms with E-state index in [1.54, 1.807) is 0 Å². The van der Waals surface area contributed by atoms with Crippen molar-refractivity contribution in [3.05, 3.63) is 12.2 Å². The Kier molecular flexibility index (Phi) is 12.3. The topological polar surface area (TPSA) is 63.6 Å². The number of carboxylic acid groups (broad SMARTS) is 1. The first-order chi connectivity index (χ1) is 11.3. The summed E-state index contributed by atoms with van der Waals surface area (Å²) in [5.41, 5.74) is 0. The van der Waals surface area contributed by atoms with Gasteiger partial charge in [0.1, 0.15) is 0 Å². The predicted octanol–water partition coefficient (Wildman–Crippen LogP) is 4.12. The molecule has 0 aliphatic heterocycles. The van der Waals surface area contributed by atoms with Crippen molar-refractivity contribution in [2.75, 3.05) is 21.1 Å². The van der Waals surface area contributed by atoms with E-state index in [0.29, 0.717) is 10.9 Å². The third-order valence-electron chi connectivity index (χ3n) is 3.95.